The van der Waals surface area contributed by atoms with Crippen molar-refractivity contribution in [1.29, 1.82) is 0 Å². The van der Waals surface area contributed by atoms with Crippen LogP contribution in [0.2, 0.25) is 0 Å². The average Bonchev–Trinajstić information content (AvgIpc) is 2.58. The molecular formula is C10H14N4OS. The summed E-state index contributed by atoms with van der Waals surface area (Å²) in [6, 6.07) is 0. The minimum Gasteiger partial charge on any atom is -0.308 e. The van der Waals surface area contributed by atoms with E-state index >= 15 is 0 Å². The number of hydrogen-bond acceptors (Lipinski definition) is 5. The molecule has 0 N–H and O–H groups in total. The molecule has 0 aliphatic carbocycles. The number of fused-ring (bicyclic) bond motifs is 1. The van der Waals surface area contributed by atoms with E-state index in [0.29, 0.717) is 11.5 Å². The van der Waals surface area contributed by atoms with Gasteiger partial charge in [-0.3, -0.25) is 4.79 Å². The van der Waals surface area contributed by atoms with E-state index in [9.17, 15) is 4.79 Å². The fourth-order valence-electron chi connectivity index (χ4n) is 1.65. The van der Waals surface area contributed by atoms with Gasteiger partial charge in [0, 0.05) is 13.1 Å². The molecule has 86 valence electrons. The first-order valence-electron chi connectivity index (χ1n) is 5.27. The number of thiazole rings is 1. The van der Waals surface area contributed by atoms with Crippen LogP contribution in [0.3, 0.4) is 0 Å². The number of aryl methyl sites for hydroxylation is 1. The van der Waals surface area contributed by atoms with E-state index in [1.807, 2.05) is 25.8 Å². The van der Waals surface area contributed by atoms with Crippen molar-refractivity contribution in [3.8, 4) is 0 Å². The molecule has 0 atom stereocenters. The third-order valence-corrected chi connectivity index (χ3v) is 3.30. The molecule has 16 heavy (non-hydrogen) atoms. The highest BCUT2D eigenvalue weighted by Crippen LogP contribution is 2.13. The van der Waals surface area contributed by atoms with Crippen molar-refractivity contribution < 1.29 is 0 Å². The van der Waals surface area contributed by atoms with Gasteiger partial charge >= 0.3 is 4.87 Å². The summed E-state index contributed by atoms with van der Waals surface area (Å²) in [6.07, 6.45) is 1.71. The molecule has 0 saturated heterocycles. The summed E-state index contributed by atoms with van der Waals surface area (Å²) in [4.78, 5) is 20.3. The van der Waals surface area contributed by atoms with Gasteiger partial charge in [0.2, 0.25) is 0 Å². The van der Waals surface area contributed by atoms with Gasteiger partial charge in [0.15, 0.2) is 5.65 Å². The molecule has 0 unspecified atom stereocenters. The molecule has 0 bridgehead atoms. The summed E-state index contributed by atoms with van der Waals surface area (Å²) in [5.74, 6) is 0.686. The first-order chi connectivity index (χ1) is 7.67. The second kappa shape index (κ2) is 4.21. The van der Waals surface area contributed by atoms with Gasteiger partial charge in [-0.1, -0.05) is 11.3 Å². The van der Waals surface area contributed by atoms with Gasteiger partial charge in [-0.25, -0.2) is 9.97 Å². The molecule has 5 nitrogen and oxygen atoms in total. The van der Waals surface area contributed by atoms with Gasteiger partial charge in [0.25, 0.3) is 0 Å². The zero-order valence-electron chi connectivity index (χ0n) is 9.60. The van der Waals surface area contributed by atoms with Gasteiger partial charge in [0.1, 0.15) is 5.82 Å². The first-order valence-corrected chi connectivity index (χ1v) is 6.09. The largest absolute Gasteiger partial charge is 0.328 e. The summed E-state index contributed by atoms with van der Waals surface area (Å²) in [7, 11) is 0. The molecule has 0 fully saturated rings. The van der Waals surface area contributed by atoms with Crippen molar-refractivity contribution in [1.82, 2.24) is 14.6 Å². The number of hydrogen-bond donors (Lipinski definition) is 0. The van der Waals surface area contributed by atoms with Crippen LogP contribution >= 0.6 is 11.3 Å². The Morgan fingerprint density at radius 2 is 2.12 bits per heavy atom. The highest BCUT2D eigenvalue weighted by atomic mass is 32.1. The molecule has 2 aromatic heterocycles. The maximum absolute atomic E-state index is 11.9. The van der Waals surface area contributed by atoms with E-state index in [0.717, 1.165) is 17.8 Å². The van der Waals surface area contributed by atoms with Crippen molar-refractivity contribution in [3.63, 3.8) is 0 Å². The van der Waals surface area contributed by atoms with E-state index in [2.05, 4.69) is 9.97 Å². The molecule has 2 heterocycles. The fraction of sp³-hybridized carbons (Fsp3) is 0.500. The lowest BCUT2D eigenvalue weighted by atomic mass is 10.5. The van der Waals surface area contributed by atoms with Crippen LogP contribution in [-0.4, -0.2) is 27.7 Å². The topological polar surface area (TPSA) is 51.0 Å². The Balaban J connectivity index is 2.71. The molecule has 0 aliphatic rings. The number of rotatable bonds is 3. The second-order valence-electron chi connectivity index (χ2n) is 3.42. The van der Waals surface area contributed by atoms with Crippen molar-refractivity contribution in [2.75, 3.05) is 18.1 Å². The maximum atomic E-state index is 11.9. The molecule has 0 amide bonds. The Morgan fingerprint density at radius 1 is 1.44 bits per heavy atom. The summed E-state index contributed by atoms with van der Waals surface area (Å²) < 4.78 is 2.48. The van der Waals surface area contributed by atoms with Gasteiger partial charge in [0.05, 0.1) is 10.9 Å². The molecule has 0 radical (unpaired) electrons. The smallest absolute Gasteiger partial charge is 0.308 e. The Kier molecular flexibility index (Phi) is 2.91. The fourth-order valence-corrected chi connectivity index (χ4v) is 2.46. The Morgan fingerprint density at radius 3 is 2.75 bits per heavy atom. The number of nitrogens with zero attached hydrogens (tertiary/aromatic N) is 4. The van der Waals surface area contributed by atoms with E-state index in [-0.39, 0.29) is 4.87 Å². The quantitative estimate of drug-likeness (QED) is 0.804. The van der Waals surface area contributed by atoms with Crippen LogP contribution in [0.4, 0.5) is 0 Å². The Bertz CT molecular complexity index is 555. The Labute approximate surface area is 97.3 Å². The van der Waals surface area contributed by atoms with E-state index in [1.165, 1.54) is 11.3 Å². The van der Waals surface area contributed by atoms with E-state index in [1.54, 1.807) is 10.9 Å². The zero-order valence-corrected chi connectivity index (χ0v) is 10.4. The van der Waals surface area contributed by atoms with Crippen LogP contribution in [0, 0.1) is 6.92 Å². The molecule has 0 saturated carbocycles. The average molecular weight is 238 g/mol. The molecule has 0 aliphatic heterocycles. The lowest BCUT2D eigenvalue weighted by Gasteiger charge is -2.21. The van der Waals surface area contributed by atoms with Gasteiger partial charge in [-0.15, -0.1) is 0 Å². The molecule has 2 rings (SSSR count). The second-order valence-corrected chi connectivity index (χ2v) is 4.42. The predicted molar refractivity (Wildman–Crippen MR) is 65.7 cm³/mol. The van der Waals surface area contributed by atoms with Crippen LogP contribution in [-0.2, 0) is 0 Å². The molecule has 0 aromatic carbocycles. The van der Waals surface area contributed by atoms with Crippen molar-refractivity contribution in [3.05, 3.63) is 21.7 Å². The SMILES string of the molecule is CCN(CC)n1c(=O)sc2cnc(C)nc21. The van der Waals surface area contributed by atoms with Crippen LogP contribution in [0.25, 0.3) is 10.3 Å². The van der Waals surface area contributed by atoms with Crippen LogP contribution in [0.15, 0.2) is 11.0 Å². The van der Waals surface area contributed by atoms with Crippen LogP contribution < -0.4 is 9.88 Å². The molecule has 2 aromatic rings. The highest BCUT2D eigenvalue weighted by Gasteiger charge is 2.13. The van der Waals surface area contributed by atoms with E-state index in [4.69, 9.17) is 0 Å². The minimum atomic E-state index is -0.00130. The Hall–Kier alpha value is -1.43. The first kappa shape index (κ1) is 11.1. The summed E-state index contributed by atoms with van der Waals surface area (Å²) in [6.45, 7) is 7.44. The lowest BCUT2D eigenvalue weighted by molar-refractivity contribution is 0.623. The van der Waals surface area contributed by atoms with Crippen molar-refractivity contribution >= 4 is 21.7 Å². The normalized spacial score (nSPS) is 10.9. The van der Waals surface area contributed by atoms with Crippen molar-refractivity contribution in [2.45, 2.75) is 20.8 Å². The third kappa shape index (κ3) is 1.69. The molecule has 0 spiro atoms. The predicted octanol–water partition coefficient (Wildman–Crippen LogP) is 1.14. The standard InChI is InChI=1S/C10H14N4OS/c1-4-13(5-2)14-9-8(16-10(14)15)6-11-7(3)12-9/h6H,4-5H2,1-3H3. The monoisotopic (exact) mass is 238 g/mol. The van der Waals surface area contributed by atoms with Crippen molar-refractivity contribution in [2.24, 2.45) is 0 Å². The maximum Gasteiger partial charge on any atom is 0.328 e. The molecule has 6 heteroatoms. The lowest BCUT2D eigenvalue weighted by Crippen LogP contribution is -2.39. The number of aromatic nitrogens is 3. The highest BCUT2D eigenvalue weighted by molar-refractivity contribution is 7.16. The molecular weight excluding hydrogens is 224 g/mol. The minimum absolute atomic E-state index is 0.00130. The zero-order chi connectivity index (χ0) is 11.7. The van der Waals surface area contributed by atoms with Gasteiger partial charge in [-0.2, -0.15) is 4.68 Å². The van der Waals surface area contributed by atoms with E-state index < -0.39 is 0 Å². The summed E-state index contributed by atoms with van der Waals surface area (Å²) in [5.41, 5.74) is 0.714. The summed E-state index contributed by atoms with van der Waals surface area (Å²) >= 11 is 1.19. The van der Waals surface area contributed by atoms with Gasteiger partial charge < -0.3 is 5.01 Å². The summed E-state index contributed by atoms with van der Waals surface area (Å²) in [5, 5.41) is 1.97. The van der Waals surface area contributed by atoms with Crippen LogP contribution in [0.1, 0.15) is 19.7 Å². The van der Waals surface area contributed by atoms with Gasteiger partial charge in [-0.05, 0) is 20.8 Å². The van der Waals surface area contributed by atoms with Crippen LogP contribution in [0.5, 0.6) is 0 Å². The third-order valence-electron chi connectivity index (χ3n) is 2.44.